The van der Waals surface area contributed by atoms with Crippen molar-refractivity contribution >= 4 is 27.6 Å². The lowest BCUT2D eigenvalue weighted by Crippen LogP contribution is -2.63. The van der Waals surface area contributed by atoms with Gasteiger partial charge in [-0.1, -0.05) is 17.7 Å². The van der Waals surface area contributed by atoms with E-state index >= 15 is 0 Å². The lowest BCUT2D eigenvalue weighted by molar-refractivity contribution is -0.137. The molecule has 0 atom stereocenters. The standard InChI is InChI=1S/C27H31ClF3N7O3S/c1-42(40,41)38-6-4-18(5-7-38)34-25-32-11-20(27(29,30)31)24(35-25)22-13-37(16-33-22)23-3-2-17(8-21(23)28)12-36-14-26(15-36)9-19(39)10-26/h2-3,8,11,13,16,18-19,39H,4-7,9-10,12,14-15H2,1H3,(H,32,34,35). The average Bonchev–Trinajstić information content (AvgIpc) is 3.36. The van der Waals surface area contributed by atoms with Gasteiger partial charge in [0.25, 0.3) is 0 Å². The van der Waals surface area contributed by atoms with Crippen LogP contribution in [0.1, 0.15) is 36.8 Å². The summed E-state index contributed by atoms with van der Waals surface area (Å²) in [5.41, 5.74) is 0.476. The van der Waals surface area contributed by atoms with Gasteiger partial charge in [-0.15, -0.1) is 0 Å². The van der Waals surface area contributed by atoms with Crippen molar-refractivity contribution in [2.24, 2.45) is 5.41 Å². The molecule has 2 N–H and O–H groups in total. The highest BCUT2D eigenvalue weighted by atomic mass is 35.5. The number of likely N-dealkylation sites (tertiary alicyclic amines) is 1. The van der Waals surface area contributed by atoms with Gasteiger partial charge in [-0.05, 0) is 43.4 Å². The van der Waals surface area contributed by atoms with Gasteiger partial charge in [-0.2, -0.15) is 13.2 Å². The van der Waals surface area contributed by atoms with Gasteiger partial charge in [0.1, 0.15) is 23.3 Å². The summed E-state index contributed by atoms with van der Waals surface area (Å²) >= 11 is 6.60. The predicted molar refractivity (Wildman–Crippen MR) is 151 cm³/mol. The third kappa shape index (κ3) is 6.00. The minimum Gasteiger partial charge on any atom is -0.393 e. The van der Waals surface area contributed by atoms with Gasteiger partial charge in [0.2, 0.25) is 16.0 Å². The van der Waals surface area contributed by atoms with Crippen LogP contribution in [0.5, 0.6) is 0 Å². The zero-order valence-corrected chi connectivity index (χ0v) is 24.4. The average molecular weight is 626 g/mol. The Labute approximate surface area is 246 Å². The van der Waals surface area contributed by atoms with Gasteiger partial charge in [-0.25, -0.2) is 27.7 Å². The summed E-state index contributed by atoms with van der Waals surface area (Å²) in [4.78, 5) is 14.6. The highest BCUT2D eigenvalue weighted by Crippen LogP contribution is 2.48. The molecule has 1 saturated carbocycles. The van der Waals surface area contributed by atoms with Crippen LogP contribution in [0.15, 0.2) is 36.9 Å². The van der Waals surface area contributed by atoms with E-state index in [2.05, 4.69) is 25.2 Å². The molecule has 3 fully saturated rings. The SMILES string of the molecule is CS(=O)(=O)N1CCC(Nc2ncc(C(F)(F)F)c(-c3cn(-c4ccc(CN5CC6(CC(O)C6)C5)cc4Cl)cn3)n2)CC1. The normalized spacial score (nSPS) is 20.4. The predicted octanol–water partition coefficient (Wildman–Crippen LogP) is 3.79. The second-order valence-corrected chi connectivity index (χ2v) is 14.1. The van der Waals surface area contributed by atoms with E-state index in [1.807, 2.05) is 18.2 Å². The van der Waals surface area contributed by atoms with E-state index in [9.17, 15) is 26.7 Å². The molecule has 4 heterocycles. The summed E-state index contributed by atoms with van der Waals surface area (Å²) in [5.74, 6) is 0.0110. The number of aliphatic hydroxyl groups excluding tert-OH is 1. The minimum atomic E-state index is -4.70. The van der Waals surface area contributed by atoms with Crippen molar-refractivity contribution in [2.45, 2.75) is 50.6 Å². The molecule has 42 heavy (non-hydrogen) atoms. The lowest BCUT2D eigenvalue weighted by atomic mass is 9.62. The molecular formula is C27H31ClF3N7O3S. The second kappa shape index (κ2) is 10.7. The zero-order chi connectivity index (χ0) is 29.9. The largest absolute Gasteiger partial charge is 0.420 e. The maximum Gasteiger partial charge on any atom is 0.420 e. The van der Waals surface area contributed by atoms with Crippen molar-refractivity contribution in [3.63, 3.8) is 0 Å². The quantitative estimate of drug-likeness (QED) is 0.408. The number of rotatable bonds is 7. The van der Waals surface area contributed by atoms with Gasteiger partial charge < -0.3 is 15.0 Å². The maximum atomic E-state index is 13.9. The van der Waals surface area contributed by atoms with E-state index in [0.717, 1.165) is 50.5 Å². The number of piperidine rings is 1. The molecule has 1 spiro atoms. The summed E-state index contributed by atoms with van der Waals surface area (Å²) in [6, 6.07) is 5.40. The smallest absolute Gasteiger partial charge is 0.393 e. The van der Waals surface area contributed by atoms with Crippen molar-refractivity contribution in [3.8, 4) is 17.1 Å². The summed E-state index contributed by atoms with van der Waals surface area (Å²) in [6.07, 6.45) is 2.51. The molecule has 226 valence electrons. The number of alkyl halides is 3. The third-order valence-corrected chi connectivity index (χ3v) is 9.93. The number of anilines is 1. The van der Waals surface area contributed by atoms with E-state index in [4.69, 9.17) is 11.6 Å². The number of sulfonamides is 1. The molecule has 0 radical (unpaired) electrons. The Hall–Kier alpha value is -2.78. The molecule has 2 aromatic heterocycles. The molecule has 3 aliphatic rings. The van der Waals surface area contributed by atoms with Crippen LogP contribution in [-0.2, 0) is 22.7 Å². The first-order valence-electron chi connectivity index (χ1n) is 13.7. The maximum absolute atomic E-state index is 13.9. The molecule has 0 unspecified atom stereocenters. The van der Waals surface area contributed by atoms with Gasteiger partial charge >= 0.3 is 6.18 Å². The van der Waals surface area contributed by atoms with Crippen molar-refractivity contribution in [1.82, 2.24) is 28.7 Å². The first-order chi connectivity index (χ1) is 19.8. The highest BCUT2D eigenvalue weighted by Gasteiger charge is 2.51. The molecule has 15 heteroatoms. The van der Waals surface area contributed by atoms with E-state index < -0.39 is 21.8 Å². The first kappa shape index (κ1) is 29.3. The van der Waals surface area contributed by atoms with Gasteiger partial charge in [0.05, 0.1) is 23.1 Å². The Morgan fingerprint density at radius 1 is 1.17 bits per heavy atom. The first-order valence-corrected chi connectivity index (χ1v) is 15.9. The second-order valence-electron chi connectivity index (χ2n) is 11.7. The fourth-order valence-corrected chi connectivity index (χ4v) is 7.45. The summed E-state index contributed by atoms with van der Waals surface area (Å²) < 4.78 is 68.2. The van der Waals surface area contributed by atoms with Crippen LogP contribution < -0.4 is 5.32 Å². The molecular weight excluding hydrogens is 595 g/mol. The van der Waals surface area contributed by atoms with Crippen LogP contribution in [0, 0.1) is 5.41 Å². The van der Waals surface area contributed by atoms with Crippen LogP contribution in [0.4, 0.5) is 19.1 Å². The number of nitrogens with one attached hydrogen (secondary N) is 1. The van der Waals surface area contributed by atoms with Gasteiger partial charge in [0, 0.05) is 56.6 Å². The molecule has 2 saturated heterocycles. The Morgan fingerprint density at radius 3 is 2.50 bits per heavy atom. The van der Waals surface area contributed by atoms with Crippen LogP contribution >= 0.6 is 11.6 Å². The monoisotopic (exact) mass is 625 g/mol. The number of imidazole rings is 1. The van der Waals surface area contributed by atoms with Crippen molar-refractivity contribution in [3.05, 3.63) is 53.1 Å². The summed E-state index contributed by atoms with van der Waals surface area (Å²) in [5, 5.41) is 13.1. The Balaban J connectivity index is 1.18. The van der Waals surface area contributed by atoms with Crippen LogP contribution in [0.2, 0.25) is 5.02 Å². The molecule has 2 aliphatic heterocycles. The van der Waals surface area contributed by atoms with Crippen LogP contribution in [0.25, 0.3) is 17.1 Å². The number of hydrogen-bond donors (Lipinski definition) is 2. The summed E-state index contributed by atoms with van der Waals surface area (Å²) in [7, 11) is -3.30. The molecule has 10 nitrogen and oxygen atoms in total. The fourth-order valence-electron chi connectivity index (χ4n) is 6.27. The topological polar surface area (TPSA) is 116 Å². The Morgan fingerprint density at radius 2 is 1.88 bits per heavy atom. The molecule has 1 aromatic carbocycles. The van der Waals surface area contributed by atoms with E-state index in [-0.39, 0.29) is 34.9 Å². The molecule has 0 bridgehead atoms. The molecule has 3 aromatic rings. The molecule has 0 amide bonds. The molecule has 6 rings (SSSR count). The van der Waals surface area contributed by atoms with E-state index in [1.54, 1.807) is 4.57 Å². The van der Waals surface area contributed by atoms with Crippen LogP contribution in [-0.4, -0.2) is 86.8 Å². The Kier molecular flexibility index (Phi) is 7.49. The summed E-state index contributed by atoms with van der Waals surface area (Å²) in [6.45, 7) is 3.23. The number of nitrogens with zero attached hydrogens (tertiary/aromatic N) is 6. The van der Waals surface area contributed by atoms with Crippen molar-refractivity contribution in [2.75, 3.05) is 37.8 Å². The van der Waals surface area contributed by atoms with E-state index in [0.29, 0.717) is 36.6 Å². The Bertz CT molecular complexity index is 1580. The number of aliphatic hydroxyl groups is 1. The number of benzene rings is 1. The third-order valence-electron chi connectivity index (χ3n) is 8.33. The van der Waals surface area contributed by atoms with Gasteiger partial charge in [-0.3, -0.25) is 4.90 Å². The van der Waals surface area contributed by atoms with E-state index in [1.165, 1.54) is 16.8 Å². The number of halogens is 4. The fraction of sp³-hybridized carbons (Fsp3) is 0.519. The van der Waals surface area contributed by atoms with Crippen molar-refractivity contribution < 1.29 is 26.7 Å². The van der Waals surface area contributed by atoms with Crippen LogP contribution in [0.3, 0.4) is 0 Å². The zero-order valence-electron chi connectivity index (χ0n) is 22.8. The van der Waals surface area contributed by atoms with Crippen molar-refractivity contribution in [1.29, 1.82) is 0 Å². The van der Waals surface area contributed by atoms with Gasteiger partial charge in [0.15, 0.2) is 0 Å². The highest BCUT2D eigenvalue weighted by molar-refractivity contribution is 7.88. The molecule has 1 aliphatic carbocycles. The lowest BCUT2D eigenvalue weighted by Gasteiger charge is -2.58. The minimum absolute atomic E-state index is 0.00776. The number of aromatic nitrogens is 4. The number of hydrogen-bond acceptors (Lipinski definition) is 8.